The highest BCUT2D eigenvalue weighted by Gasteiger charge is 2.13. The number of amides is 3. The van der Waals surface area contributed by atoms with Gasteiger partial charge in [-0.3, -0.25) is 14.9 Å². The molecule has 0 spiro atoms. The maximum absolute atomic E-state index is 12.0. The summed E-state index contributed by atoms with van der Waals surface area (Å²) in [6.45, 7) is 4.88. The van der Waals surface area contributed by atoms with Crippen molar-refractivity contribution in [3.05, 3.63) is 53.1 Å². The number of ether oxygens (including phenoxy) is 2. The van der Waals surface area contributed by atoms with Crippen molar-refractivity contribution in [1.82, 2.24) is 5.32 Å². The van der Waals surface area contributed by atoms with Crippen molar-refractivity contribution >= 4 is 23.4 Å². The van der Waals surface area contributed by atoms with Crippen LogP contribution >= 0.6 is 0 Å². The second kappa shape index (κ2) is 8.84. The highest BCUT2D eigenvalue weighted by molar-refractivity contribution is 6.02. The molecular weight excluding hydrogens is 348 g/mol. The van der Waals surface area contributed by atoms with Gasteiger partial charge < -0.3 is 14.8 Å². The Kier molecular flexibility index (Phi) is 6.54. The molecule has 0 saturated heterocycles. The van der Waals surface area contributed by atoms with E-state index in [1.165, 1.54) is 20.1 Å². The average Bonchev–Trinajstić information content (AvgIpc) is 2.62. The van der Waals surface area contributed by atoms with Crippen LogP contribution in [0.25, 0.3) is 0 Å². The van der Waals surface area contributed by atoms with Gasteiger partial charge in [-0.1, -0.05) is 17.7 Å². The number of aryl methyl sites for hydroxylation is 2. The Morgan fingerprint density at radius 2 is 1.74 bits per heavy atom. The van der Waals surface area contributed by atoms with Crippen molar-refractivity contribution in [1.29, 1.82) is 0 Å². The molecule has 0 aliphatic rings. The summed E-state index contributed by atoms with van der Waals surface area (Å²) in [6.07, 6.45) is 0. The molecule has 0 bridgehead atoms. The van der Waals surface area contributed by atoms with Crippen molar-refractivity contribution in [2.75, 3.05) is 19.0 Å². The first kappa shape index (κ1) is 20.0. The van der Waals surface area contributed by atoms with E-state index in [1.54, 1.807) is 18.2 Å². The van der Waals surface area contributed by atoms with Gasteiger partial charge in [-0.05, 0) is 50.6 Å². The minimum absolute atomic E-state index is 0.110. The Morgan fingerprint density at radius 3 is 2.37 bits per heavy atom. The monoisotopic (exact) mass is 370 g/mol. The molecule has 2 rings (SSSR count). The van der Waals surface area contributed by atoms with Gasteiger partial charge in [-0.2, -0.15) is 0 Å². The van der Waals surface area contributed by atoms with E-state index in [9.17, 15) is 14.4 Å². The number of rotatable bonds is 6. The fraction of sp³-hybridized carbons (Fsp3) is 0.250. The number of urea groups is 1. The predicted octanol–water partition coefficient (Wildman–Crippen LogP) is 3.24. The van der Waals surface area contributed by atoms with E-state index in [-0.39, 0.29) is 12.4 Å². The standard InChI is InChI=1S/C20H22N2O5/c1-12-5-7-16(13(2)9-12)21-20(25)22-19(24)11-27-17-8-6-15(14(3)23)10-18(17)26-4/h5-10H,11H2,1-4H3,(H2,21,22,24,25). The first-order chi connectivity index (χ1) is 12.8. The van der Waals surface area contributed by atoms with Gasteiger partial charge in [0.05, 0.1) is 7.11 Å². The summed E-state index contributed by atoms with van der Waals surface area (Å²) < 4.78 is 10.5. The summed E-state index contributed by atoms with van der Waals surface area (Å²) >= 11 is 0. The van der Waals surface area contributed by atoms with Crippen LogP contribution in [0.3, 0.4) is 0 Å². The van der Waals surface area contributed by atoms with Gasteiger partial charge in [0.15, 0.2) is 23.9 Å². The maximum Gasteiger partial charge on any atom is 0.325 e. The Hall–Kier alpha value is -3.35. The van der Waals surface area contributed by atoms with Crippen molar-refractivity contribution in [2.45, 2.75) is 20.8 Å². The number of hydrogen-bond donors (Lipinski definition) is 2. The summed E-state index contributed by atoms with van der Waals surface area (Å²) in [6, 6.07) is 9.57. The second-order valence-corrected chi connectivity index (χ2v) is 6.03. The van der Waals surface area contributed by atoms with Crippen molar-refractivity contribution < 1.29 is 23.9 Å². The van der Waals surface area contributed by atoms with E-state index in [0.717, 1.165) is 11.1 Å². The summed E-state index contributed by atoms with van der Waals surface area (Å²) in [7, 11) is 1.43. The van der Waals surface area contributed by atoms with Gasteiger partial charge in [0, 0.05) is 11.3 Å². The quantitative estimate of drug-likeness (QED) is 0.762. The van der Waals surface area contributed by atoms with E-state index < -0.39 is 11.9 Å². The van der Waals surface area contributed by atoms with Gasteiger partial charge >= 0.3 is 6.03 Å². The van der Waals surface area contributed by atoms with Crippen LogP contribution in [0.15, 0.2) is 36.4 Å². The number of carbonyl (C=O) groups excluding carboxylic acids is 3. The number of Topliss-reactive ketones (excluding diaryl/α,β-unsaturated/α-hetero) is 1. The van der Waals surface area contributed by atoms with E-state index in [1.807, 2.05) is 26.0 Å². The van der Waals surface area contributed by atoms with Crippen LogP contribution < -0.4 is 20.1 Å². The lowest BCUT2D eigenvalue weighted by atomic mass is 10.1. The van der Waals surface area contributed by atoms with Crippen LogP contribution in [0, 0.1) is 13.8 Å². The highest BCUT2D eigenvalue weighted by Crippen LogP contribution is 2.28. The second-order valence-electron chi connectivity index (χ2n) is 6.03. The lowest BCUT2D eigenvalue weighted by Gasteiger charge is -2.12. The molecule has 0 fully saturated rings. The van der Waals surface area contributed by atoms with E-state index in [4.69, 9.17) is 9.47 Å². The molecule has 0 aromatic heterocycles. The summed E-state index contributed by atoms with van der Waals surface area (Å²) in [5.74, 6) is -0.0988. The van der Waals surface area contributed by atoms with Crippen molar-refractivity contribution in [3.8, 4) is 11.5 Å². The van der Waals surface area contributed by atoms with Crippen molar-refractivity contribution in [2.24, 2.45) is 0 Å². The van der Waals surface area contributed by atoms with Crippen LogP contribution in [0.5, 0.6) is 11.5 Å². The largest absolute Gasteiger partial charge is 0.493 e. The third-order valence-electron chi connectivity index (χ3n) is 3.81. The summed E-state index contributed by atoms with van der Waals surface area (Å²) in [5, 5.41) is 4.82. The fourth-order valence-corrected chi connectivity index (χ4v) is 2.42. The minimum Gasteiger partial charge on any atom is -0.493 e. The Labute approximate surface area is 157 Å². The molecule has 0 unspecified atom stereocenters. The van der Waals surface area contributed by atoms with Crippen LogP contribution in [-0.2, 0) is 4.79 Å². The highest BCUT2D eigenvalue weighted by atomic mass is 16.5. The zero-order valence-electron chi connectivity index (χ0n) is 15.7. The number of carbonyl (C=O) groups is 3. The topological polar surface area (TPSA) is 93.7 Å². The molecule has 0 radical (unpaired) electrons. The zero-order chi connectivity index (χ0) is 20.0. The molecule has 3 amide bonds. The van der Waals surface area contributed by atoms with Crippen LogP contribution in [-0.4, -0.2) is 31.4 Å². The average molecular weight is 370 g/mol. The molecule has 7 nitrogen and oxygen atoms in total. The summed E-state index contributed by atoms with van der Waals surface area (Å²) in [4.78, 5) is 35.3. The molecule has 2 N–H and O–H groups in total. The molecule has 7 heteroatoms. The molecule has 0 aliphatic carbocycles. The number of nitrogens with one attached hydrogen (secondary N) is 2. The minimum atomic E-state index is -0.644. The third-order valence-corrected chi connectivity index (χ3v) is 3.81. The first-order valence-corrected chi connectivity index (χ1v) is 8.30. The molecule has 0 aliphatic heterocycles. The smallest absolute Gasteiger partial charge is 0.325 e. The molecule has 2 aromatic carbocycles. The van der Waals surface area contributed by atoms with E-state index in [2.05, 4.69) is 10.6 Å². The van der Waals surface area contributed by atoms with Gasteiger partial charge in [-0.15, -0.1) is 0 Å². The normalized spacial score (nSPS) is 10.1. The van der Waals surface area contributed by atoms with Crippen LogP contribution in [0.2, 0.25) is 0 Å². The van der Waals surface area contributed by atoms with Gasteiger partial charge in [0.25, 0.3) is 5.91 Å². The van der Waals surface area contributed by atoms with E-state index in [0.29, 0.717) is 22.7 Å². The molecule has 0 atom stereocenters. The molecule has 2 aromatic rings. The zero-order valence-corrected chi connectivity index (χ0v) is 15.7. The first-order valence-electron chi connectivity index (χ1n) is 8.30. The molecule has 0 heterocycles. The molecule has 0 saturated carbocycles. The Morgan fingerprint density at radius 1 is 1.00 bits per heavy atom. The van der Waals surface area contributed by atoms with Gasteiger partial charge in [0.1, 0.15) is 0 Å². The fourth-order valence-electron chi connectivity index (χ4n) is 2.42. The number of benzene rings is 2. The lowest BCUT2D eigenvalue weighted by Crippen LogP contribution is -2.37. The number of ketones is 1. The van der Waals surface area contributed by atoms with Crippen LogP contribution in [0.1, 0.15) is 28.4 Å². The number of anilines is 1. The molecule has 142 valence electrons. The van der Waals surface area contributed by atoms with Crippen LogP contribution in [0.4, 0.5) is 10.5 Å². The number of hydrogen-bond acceptors (Lipinski definition) is 5. The number of methoxy groups -OCH3 is 1. The molecular formula is C20H22N2O5. The van der Waals surface area contributed by atoms with Crippen molar-refractivity contribution in [3.63, 3.8) is 0 Å². The summed E-state index contributed by atoms with van der Waals surface area (Å²) in [5.41, 5.74) is 3.06. The Balaban J connectivity index is 1.92. The lowest BCUT2D eigenvalue weighted by molar-refractivity contribution is -0.121. The molecule has 27 heavy (non-hydrogen) atoms. The maximum atomic E-state index is 12.0. The Bertz CT molecular complexity index is 877. The van der Waals surface area contributed by atoms with Gasteiger partial charge in [0.2, 0.25) is 0 Å². The predicted molar refractivity (Wildman–Crippen MR) is 102 cm³/mol. The van der Waals surface area contributed by atoms with E-state index >= 15 is 0 Å². The van der Waals surface area contributed by atoms with Gasteiger partial charge in [-0.25, -0.2) is 4.79 Å². The SMILES string of the molecule is COc1cc(C(C)=O)ccc1OCC(=O)NC(=O)Nc1ccc(C)cc1C. The number of imide groups is 1. The third kappa shape index (κ3) is 5.57.